The molecule has 6 heteroatoms. The standard InChI is InChI=1S/C17H19BrN4S/c1-11-16(12(2)22(3)21-11)9-19-8-15-10-23-17(20-15)13-5-4-6-14(18)7-13/h4-7,10,19H,8-9H2,1-3H3. The second-order valence-electron chi connectivity index (χ2n) is 5.53. The first-order chi connectivity index (χ1) is 11.0. The van der Waals surface area contributed by atoms with Crippen LogP contribution in [0.15, 0.2) is 34.1 Å². The van der Waals surface area contributed by atoms with Crippen molar-refractivity contribution < 1.29 is 0 Å². The molecule has 2 aromatic heterocycles. The van der Waals surface area contributed by atoms with Crippen molar-refractivity contribution in [2.45, 2.75) is 26.9 Å². The Hall–Kier alpha value is -1.50. The molecule has 3 aromatic rings. The maximum atomic E-state index is 4.72. The molecule has 0 spiro atoms. The zero-order valence-electron chi connectivity index (χ0n) is 13.4. The van der Waals surface area contributed by atoms with Gasteiger partial charge in [0.1, 0.15) is 5.01 Å². The van der Waals surface area contributed by atoms with Gasteiger partial charge in [-0.25, -0.2) is 4.98 Å². The summed E-state index contributed by atoms with van der Waals surface area (Å²) in [5.41, 5.74) is 5.79. The Labute approximate surface area is 148 Å². The topological polar surface area (TPSA) is 42.7 Å². The molecule has 23 heavy (non-hydrogen) atoms. The van der Waals surface area contributed by atoms with Gasteiger partial charge in [0.15, 0.2) is 0 Å². The fourth-order valence-corrected chi connectivity index (χ4v) is 3.75. The minimum Gasteiger partial charge on any atom is -0.307 e. The van der Waals surface area contributed by atoms with Gasteiger partial charge in [0.2, 0.25) is 0 Å². The number of nitrogens with one attached hydrogen (secondary N) is 1. The second kappa shape index (κ2) is 6.95. The molecule has 0 saturated carbocycles. The van der Waals surface area contributed by atoms with E-state index in [1.165, 1.54) is 11.3 Å². The first-order valence-electron chi connectivity index (χ1n) is 7.44. The van der Waals surface area contributed by atoms with Crippen LogP contribution < -0.4 is 5.32 Å². The Morgan fingerprint density at radius 3 is 2.78 bits per heavy atom. The molecule has 0 aliphatic heterocycles. The number of hydrogen-bond donors (Lipinski definition) is 1. The lowest BCUT2D eigenvalue weighted by Crippen LogP contribution is -2.14. The van der Waals surface area contributed by atoms with Crippen LogP contribution in [0.25, 0.3) is 10.6 Å². The summed E-state index contributed by atoms with van der Waals surface area (Å²) >= 11 is 5.19. The summed E-state index contributed by atoms with van der Waals surface area (Å²) in [5, 5.41) is 11.1. The molecule has 0 fully saturated rings. The van der Waals surface area contributed by atoms with E-state index in [9.17, 15) is 0 Å². The molecule has 4 nitrogen and oxygen atoms in total. The van der Waals surface area contributed by atoms with Crippen LogP contribution >= 0.6 is 27.3 Å². The van der Waals surface area contributed by atoms with E-state index in [-0.39, 0.29) is 0 Å². The van der Waals surface area contributed by atoms with Crippen molar-refractivity contribution in [2.24, 2.45) is 7.05 Å². The third-order valence-electron chi connectivity index (χ3n) is 3.89. The van der Waals surface area contributed by atoms with Crippen LogP contribution in [-0.2, 0) is 20.1 Å². The summed E-state index contributed by atoms with van der Waals surface area (Å²) in [6.45, 7) is 5.73. The van der Waals surface area contributed by atoms with Crippen LogP contribution in [0.1, 0.15) is 22.6 Å². The molecule has 2 heterocycles. The van der Waals surface area contributed by atoms with E-state index in [1.807, 2.05) is 23.9 Å². The van der Waals surface area contributed by atoms with Crippen molar-refractivity contribution in [1.29, 1.82) is 0 Å². The molecule has 1 aromatic carbocycles. The number of hydrogen-bond acceptors (Lipinski definition) is 4. The first kappa shape index (κ1) is 16.4. The monoisotopic (exact) mass is 390 g/mol. The van der Waals surface area contributed by atoms with Gasteiger partial charge >= 0.3 is 0 Å². The maximum Gasteiger partial charge on any atom is 0.123 e. The van der Waals surface area contributed by atoms with Crippen LogP contribution in [0.4, 0.5) is 0 Å². The van der Waals surface area contributed by atoms with E-state index in [0.29, 0.717) is 0 Å². The van der Waals surface area contributed by atoms with Gasteiger partial charge in [-0.2, -0.15) is 5.10 Å². The highest BCUT2D eigenvalue weighted by molar-refractivity contribution is 9.10. The molecular formula is C17H19BrN4S. The summed E-state index contributed by atoms with van der Waals surface area (Å²) in [4.78, 5) is 4.72. The van der Waals surface area contributed by atoms with Crippen LogP contribution in [0.2, 0.25) is 0 Å². The summed E-state index contributed by atoms with van der Waals surface area (Å²) in [6.07, 6.45) is 0. The van der Waals surface area contributed by atoms with Gasteiger partial charge in [0.05, 0.1) is 11.4 Å². The van der Waals surface area contributed by atoms with Crippen molar-refractivity contribution in [1.82, 2.24) is 20.1 Å². The number of nitrogens with zero attached hydrogens (tertiary/aromatic N) is 3. The highest BCUT2D eigenvalue weighted by Crippen LogP contribution is 2.26. The molecule has 0 amide bonds. The third kappa shape index (κ3) is 3.71. The molecule has 0 aliphatic carbocycles. The molecule has 0 unspecified atom stereocenters. The highest BCUT2D eigenvalue weighted by atomic mass is 79.9. The van der Waals surface area contributed by atoms with E-state index >= 15 is 0 Å². The van der Waals surface area contributed by atoms with Crippen LogP contribution in [0.5, 0.6) is 0 Å². The SMILES string of the molecule is Cc1nn(C)c(C)c1CNCc1csc(-c2cccc(Br)c2)n1. The van der Waals surface area contributed by atoms with Crippen molar-refractivity contribution in [3.8, 4) is 10.6 Å². The third-order valence-corrected chi connectivity index (χ3v) is 5.32. The maximum absolute atomic E-state index is 4.72. The van der Waals surface area contributed by atoms with Crippen molar-refractivity contribution in [3.63, 3.8) is 0 Å². The number of aryl methyl sites for hydroxylation is 2. The van der Waals surface area contributed by atoms with Gasteiger partial charge in [-0.15, -0.1) is 11.3 Å². The molecular weight excluding hydrogens is 372 g/mol. The number of thiazole rings is 1. The summed E-state index contributed by atoms with van der Waals surface area (Å²) in [5.74, 6) is 0. The Kier molecular flexibility index (Phi) is 4.94. The molecule has 0 bridgehead atoms. The molecule has 3 rings (SSSR count). The summed E-state index contributed by atoms with van der Waals surface area (Å²) < 4.78 is 3.01. The van der Waals surface area contributed by atoms with Crippen molar-refractivity contribution in [2.75, 3.05) is 0 Å². The summed E-state index contributed by atoms with van der Waals surface area (Å²) in [7, 11) is 1.98. The van der Waals surface area contributed by atoms with E-state index in [4.69, 9.17) is 4.98 Å². The van der Waals surface area contributed by atoms with Gasteiger partial charge in [-0.1, -0.05) is 28.1 Å². The Morgan fingerprint density at radius 1 is 1.26 bits per heavy atom. The van der Waals surface area contributed by atoms with Crippen LogP contribution in [0, 0.1) is 13.8 Å². The zero-order chi connectivity index (χ0) is 16.4. The lowest BCUT2D eigenvalue weighted by atomic mass is 10.2. The molecule has 0 radical (unpaired) electrons. The molecule has 0 atom stereocenters. The quantitative estimate of drug-likeness (QED) is 0.709. The minimum absolute atomic E-state index is 0.762. The second-order valence-corrected chi connectivity index (χ2v) is 7.30. The van der Waals surface area contributed by atoms with Crippen LogP contribution in [-0.4, -0.2) is 14.8 Å². The number of benzene rings is 1. The Morgan fingerprint density at radius 2 is 2.09 bits per heavy atom. The van der Waals surface area contributed by atoms with Crippen LogP contribution in [0.3, 0.4) is 0 Å². The largest absolute Gasteiger partial charge is 0.307 e. The lowest BCUT2D eigenvalue weighted by Gasteiger charge is -2.04. The highest BCUT2D eigenvalue weighted by Gasteiger charge is 2.09. The summed E-state index contributed by atoms with van der Waals surface area (Å²) in [6, 6.07) is 8.24. The van der Waals surface area contributed by atoms with Gasteiger partial charge < -0.3 is 5.32 Å². The predicted octanol–water partition coefficient (Wildman–Crippen LogP) is 4.21. The smallest absolute Gasteiger partial charge is 0.123 e. The Bertz CT molecular complexity index is 822. The van der Waals surface area contributed by atoms with E-state index in [2.05, 4.69) is 57.7 Å². The van der Waals surface area contributed by atoms with E-state index in [1.54, 1.807) is 11.3 Å². The Balaban J connectivity index is 1.64. The zero-order valence-corrected chi connectivity index (χ0v) is 15.8. The molecule has 120 valence electrons. The van der Waals surface area contributed by atoms with E-state index in [0.717, 1.165) is 39.5 Å². The fraction of sp³-hybridized carbons (Fsp3) is 0.294. The fourth-order valence-electron chi connectivity index (χ4n) is 2.53. The predicted molar refractivity (Wildman–Crippen MR) is 98.5 cm³/mol. The van der Waals surface area contributed by atoms with Gasteiger partial charge in [0.25, 0.3) is 0 Å². The average Bonchev–Trinajstić information content (AvgIpc) is 3.08. The lowest BCUT2D eigenvalue weighted by molar-refractivity contribution is 0.675. The van der Waals surface area contributed by atoms with Crippen molar-refractivity contribution in [3.05, 3.63) is 56.8 Å². The average molecular weight is 391 g/mol. The van der Waals surface area contributed by atoms with E-state index < -0.39 is 0 Å². The molecule has 1 N–H and O–H groups in total. The molecule has 0 aliphatic rings. The molecule has 0 saturated heterocycles. The first-order valence-corrected chi connectivity index (χ1v) is 9.12. The minimum atomic E-state index is 0.762. The van der Waals surface area contributed by atoms with Crippen molar-refractivity contribution >= 4 is 27.3 Å². The number of halogens is 1. The number of aromatic nitrogens is 3. The van der Waals surface area contributed by atoms with Gasteiger partial charge in [0, 0.05) is 46.8 Å². The van der Waals surface area contributed by atoms with Gasteiger partial charge in [-0.05, 0) is 26.0 Å². The normalized spacial score (nSPS) is 11.1. The number of rotatable bonds is 5. The van der Waals surface area contributed by atoms with Gasteiger partial charge in [-0.3, -0.25) is 4.68 Å².